The van der Waals surface area contributed by atoms with Crippen molar-refractivity contribution in [3.63, 3.8) is 0 Å². The molecule has 390 valence electrons. The smallest absolute Gasteiger partial charge is 0.259 e. The molecule has 0 aliphatic carbocycles. The maximum atomic E-state index is 13.8. The molecule has 4 aliphatic rings. The molecule has 0 unspecified atom stereocenters. The number of benzene rings is 2. The molecule has 0 radical (unpaired) electrons. The van der Waals surface area contributed by atoms with E-state index in [1.807, 2.05) is 50.8 Å². The summed E-state index contributed by atoms with van der Waals surface area (Å²) in [6, 6.07) is 14.3. The number of hydrogen-bond donors (Lipinski definition) is 3. The fourth-order valence-electron chi connectivity index (χ4n) is 8.20. The maximum Gasteiger partial charge on any atom is 0.259 e. The number of anilines is 4. The highest BCUT2D eigenvalue weighted by atomic mass is 35.5. The zero-order valence-corrected chi connectivity index (χ0v) is 45.4. The van der Waals surface area contributed by atoms with Crippen molar-refractivity contribution in [1.82, 2.24) is 29.7 Å². The highest BCUT2D eigenvalue weighted by Crippen LogP contribution is 2.38. The number of ether oxygens (including phenoxy) is 2. The Morgan fingerprint density at radius 2 is 1.19 bits per heavy atom. The Hall–Kier alpha value is -5.60. The topological polar surface area (TPSA) is 205 Å². The summed E-state index contributed by atoms with van der Waals surface area (Å²) in [4.78, 5) is 77.4. The van der Waals surface area contributed by atoms with E-state index in [4.69, 9.17) is 37.1 Å². The fraction of sp³-hybridized carbons (Fsp3) is 0.529. The molecule has 4 aromatic rings. The van der Waals surface area contributed by atoms with E-state index in [0.717, 1.165) is 41.9 Å². The lowest BCUT2D eigenvalue weighted by molar-refractivity contribution is -0.129. The summed E-state index contributed by atoms with van der Waals surface area (Å²) in [7, 11) is -1.95. The third-order valence-corrected chi connectivity index (χ3v) is 17.4. The van der Waals surface area contributed by atoms with E-state index < -0.39 is 14.4 Å². The number of halogens is 2. The van der Waals surface area contributed by atoms with E-state index in [2.05, 4.69) is 64.4 Å². The van der Waals surface area contributed by atoms with Crippen LogP contribution < -0.4 is 29.9 Å². The average molecular weight is 1050 g/mol. The summed E-state index contributed by atoms with van der Waals surface area (Å²) in [5.74, 6) is 2.15. The summed E-state index contributed by atoms with van der Waals surface area (Å²) < 4.78 is 17.7. The van der Waals surface area contributed by atoms with Gasteiger partial charge >= 0.3 is 0 Å². The van der Waals surface area contributed by atoms with Crippen LogP contribution in [0.3, 0.4) is 0 Å². The lowest BCUT2D eigenvalue weighted by atomic mass is 10.1. The molecule has 3 N–H and O–H groups in total. The predicted molar refractivity (Wildman–Crippen MR) is 283 cm³/mol. The zero-order valence-electron chi connectivity index (χ0n) is 42.9. The molecule has 72 heavy (non-hydrogen) atoms. The van der Waals surface area contributed by atoms with Crippen LogP contribution >= 0.6 is 23.2 Å². The van der Waals surface area contributed by atoms with Crippen LogP contribution in [0.25, 0.3) is 0 Å². The van der Waals surface area contributed by atoms with Gasteiger partial charge in [-0.15, -0.1) is 23.2 Å². The molecule has 0 bridgehead atoms. The van der Waals surface area contributed by atoms with Gasteiger partial charge in [-0.05, 0) is 118 Å². The number of nitrogens with one attached hydrogen (secondary N) is 2. The van der Waals surface area contributed by atoms with E-state index in [1.54, 1.807) is 47.6 Å². The number of β-amino-alcohol motifs (C(OH)–C–C–N with tert-alkyl or cyclic N) is 1. The normalized spacial score (nSPS) is 16.9. The molecule has 2 fully saturated rings. The van der Waals surface area contributed by atoms with E-state index in [1.165, 1.54) is 9.80 Å². The van der Waals surface area contributed by atoms with Crippen LogP contribution in [0.2, 0.25) is 18.1 Å². The number of nitrogens with zero attached hydrogens (tertiary/aromatic N) is 8. The number of fused-ring (bicyclic) bond motifs is 2. The van der Waals surface area contributed by atoms with E-state index in [0.29, 0.717) is 73.9 Å². The molecule has 2 atom stereocenters. The molecule has 0 saturated carbocycles. The Kier molecular flexibility index (Phi) is 19.3. The van der Waals surface area contributed by atoms with Crippen LogP contribution in [0.1, 0.15) is 93.2 Å². The van der Waals surface area contributed by atoms with E-state index in [-0.39, 0.29) is 71.8 Å². The van der Waals surface area contributed by atoms with Crippen molar-refractivity contribution < 1.29 is 38.2 Å². The molecule has 18 nitrogen and oxygen atoms in total. The summed E-state index contributed by atoms with van der Waals surface area (Å²) in [6.07, 6.45) is 5.51. The number of aliphatic hydroxyl groups excluding tert-OH is 1. The Balaban J connectivity index is 0.000000227. The Morgan fingerprint density at radius 1 is 0.750 bits per heavy atom. The third-order valence-electron chi connectivity index (χ3n) is 12.9. The van der Waals surface area contributed by atoms with Gasteiger partial charge in [0.15, 0.2) is 8.32 Å². The highest BCUT2D eigenvalue weighted by Gasteiger charge is 2.41. The first-order valence-electron chi connectivity index (χ1n) is 24.5. The summed E-state index contributed by atoms with van der Waals surface area (Å²) in [5.41, 5.74) is 2.94. The molecule has 4 amide bonds. The van der Waals surface area contributed by atoms with Crippen LogP contribution in [0.15, 0.2) is 60.9 Å². The first-order valence-corrected chi connectivity index (χ1v) is 28.5. The van der Waals surface area contributed by atoms with Gasteiger partial charge in [0.05, 0.1) is 30.8 Å². The van der Waals surface area contributed by atoms with Crippen molar-refractivity contribution in [2.45, 2.75) is 117 Å². The number of aliphatic hydroxyl groups is 1. The molecule has 8 rings (SSSR count). The van der Waals surface area contributed by atoms with Crippen LogP contribution in [-0.4, -0.2) is 149 Å². The zero-order chi connectivity index (χ0) is 52.3. The molecule has 2 saturated heterocycles. The summed E-state index contributed by atoms with van der Waals surface area (Å²) in [6.45, 7) is 21.9. The van der Waals surface area contributed by atoms with Crippen molar-refractivity contribution in [1.29, 1.82) is 0 Å². The molecular weight excluding hydrogens is 980 g/mol. The van der Waals surface area contributed by atoms with Gasteiger partial charge in [-0.25, -0.2) is 9.97 Å². The lowest BCUT2D eigenvalue weighted by Crippen LogP contribution is -2.46. The minimum atomic E-state index is -1.95. The second kappa shape index (κ2) is 24.9. The predicted octanol–water partition coefficient (Wildman–Crippen LogP) is 7.39. The van der Waals surface area contributed by atoms with Crippen LogP contribution in [0.4, 0.5) is 23.5 Å². The molecule has 0 spiro atoms. The largest absolute Gasteiger partial charge is 0.493 e. The Morgan fingerprint density at radius 3 is 1.61 bits per heavy atom. The quantitative estimate of drug-likeness (QED) is 0.0833. The SMILES string of the molecule is CC(C)Nc1nccc(N(CC(=O)N2CC[C@@H](O)C2)C(=O)c2ccc3c(c2)CCO3)n1.CC(C)Nc1nccc(N(CC(=O)N2CC[C@@H](O[Si](C)(C)C(C)(C)C)C2)C(=O)c2ccc3c(c2)CCO3)n1.ClCCl. The average Bonchev–Trinajstić information content (AvgIpc) is 4.17. The summed E-state index contributed by atoms with van der Waals surface area (Å²) in [5, 5.41) is 16.4. The first kappa shape index (κ1) is 55.7. The number of carbonyl (C=O) groups excluding carboxylic acids is 4. The highest BCUT2D eigenvalue weighted by molar-refractivity contribution is 6.74. The Bertz CT molecular complexity index is 2530. The number of alkyl halides is 2. The standard InChI is InChI=1S/C28H41N5O4Si.C22H27N5O4.CH2Cl2/c1-19(2)30-27-29-13-10-24(31-27)33(26(35)21-8-9-23-20(16-21)12-15-36-23)18-25(34)32-14-11-22(17-32)37-38(6,7)28(3,4)5;1-14(2)24-22-23-8-5-19(25-22)27(13-20(29)26-9-6-17(28)12-26)21(30)16-3-4-18-15(11-16)7-10-31-18;2-1-3/h8-10,13,16,19,22H,11-12,14-15,17-18H2,1-7H3,(H,29,30,31);3-5,8,11,14,17,28H,6-7,9-10,12-13H2,1-2H3,(H,23,24,25);1H2/t22-;17-;/m11./s1. The van der Waals surface area contributed by atoms with Crippen molar-refractivity contribution >= 4 is 78.7 Å². The monoisotopic (exact) mass is 1050 g/mol. The van der Waals surface area contributed by atoms with Crippen LogP contribution in [-0.2, 0) is 26.9 Å². The minimum Gasteiger partial charge on any atom is -0.493 e. The molecular formula is C51H70Cl2N10O8Si. The molecule has 21 heteroatoms. The van der Waals surface area contributed by atoms with Crippen LogP contribution in [0.5, 0.6) is 11.5 Å². The van der Waals surface area contributed by atoms with Crippen LogP contribution in [0, 0.1) is 0 Å². The van der Waals surface area contributed by atoms with Gasteiger partial charge in [-0.3, -0.25) is 29.0 Å². The number of likely N-dealkylation sites (tertiary alicyclic amines) is 2. The second-order valence-electron chi connectivity index (χ2n) is 20.2. The van der Waals surface area contributed by atoms with Gasteiger partial charge in [-0.2, -0.15) is 9.97 Å². The maximum absolute atomic E-state index is 13.8. The van der Waals surface area contributed by atoms with Crippen molar-refractivity contribution in [3.8, 4) is 11.5 Å². The van der Waals surface area contributed by atoms with Gasteiger partial charge in [0.2, 0.25) is 23.7 Å². The number of amides is 4. The van der Waals surface area contributed by atoms with Gasteiger partial charge in [0.25, 0.3) is 11.8 Å². The van der Waals surface area contributed by atoms with Gasteiger partial charge in [0, 0.05) is 74.6 Å². The molecule has 6 heterocycles. The van der Waals surface area contributed by atoms with Gasteiger partial charge in [-0.1, -0.05) is 20.8 Å². The number of aromatic nitrogens is 4. The first-order chi connectivity index (χ1) is 34.2. The number of carbonyl (C=O) groups is 4. The van der Waals surface area contributed by atoms with Crippen molar-refractivity contribution in [3.05, 3.63) is 83.2 Å². The number of hydrogen-bond acceptors (Lipinski definition) is 14. The number of rotatable bonds is 14. The van der Waals surface area contributed by atoms with E-state index >= 15 is 0 Å². The molecule has 2 aromatic heterocycles. The van der Waals surface area contributed by atoms with E-state index in [9.17, 15) is 24.3 Å². The summed E-state index contributed by atoms with van der Waals surface area (Å²) >= 11 is 9.53. The van der Waals surface area contributed by atoms with Gasteiger partial charge in [0.1, 0.15) is 36.2 Å². The fourth-order valence-corrected chi connectivity index (χ4v) is 9.58. The minimum absolute atomic E-state index is 0.0154. The van der Waals surface area contributed by atoms with Crippen molar-refractivity contribution in [2.75, 3.05) is 78.3 Å². The molecule has 4 aliphatic heterocycles. The lowest BCUT2D eigenvalue weighted by Gasteiger charge is -2.38. The third kappa shape index (κ3) is 14.8. The molecule has 2 aromatic carbocycles. The second-order valence-corrected chi connectivity index (χ2v) is 25.8. The van der Waals surface area contributed by atoms with Gasteiger partial charge < -0.3 is 39.4 Å². The van der Waals surface area contributed by atoms with Crippen molar-refractivity contribution in [2.24, 2.45) is 0 Å². The Labute approximate surface area is 434 Å².